The first-order valence-corrected chi connectivity index (χ1v) is 5.22. The van der Waals surface area contributed by atoms with Crippen LogP contribution in [0.15, 0.2) is 18.2 Å². The third-order valence-corrected chi connectivity index (χ3v) is 2.64. The Bertz CT molecular complexity index is 334. The molecule has 0 heterocycles. The Hall–Kier alpha value is -1.09. The third kappa shape index (κ3) is 2.48. The second-order valence-corrected chi connectivity index (χ2v) is 4.17. The van der Waals surface area contributed by atoms with Gasteiger partial charge in [-0.3, -0.25) is 0 Å². The van der Waals surface area contributed by atoms with Crippen LogP contribution < -0.4 is 10.6 Å². The number of rotatable bonds is 3. The van der Waals surface area contributed by atoms with Crippen molar-refractivity contribution in [2.75, 3.05) is 11.9 Å². The summed E-state index contributed by atoms with van der Waals surface area (Å²) in [5.41, 5.74) is 7.29. The number of anilines is 1. The SMILES string of the molecule is CC(C)N(C)c1c(F)cccc1[C@@H](C)N. The van der Waals surface area contributed by atoms with Gasteiger partial charge in [0, 0.05) is 19.1 Å². The second-order valence-electron chi connectivity index (χ2n) is 4.17. The van der Waals surface area contributed by atoms with E-state index < -0.39 is 0 Å². The quantitative estimate of drug-likeness (QED) is 0.831. The predicted octanol–water partition coefficient (Wildman–Crippen LogP) is 2.69. The summed E-state index contributed by atoms with van der Waals surface area (Å²) < 4.78 is 13.7. The van der Waals surface area contributed by atoms with Crippen LogP contribution in [-0.2, 0) is 0 Å². The lowest BCUT2D eigenvalue weighted by molar-refractivity contribution is 0.606. The van der Waals surface area contributed by atoms with Crippen molar-refractivity contribution in [2.45, 2.75) is 32.9 Å². The van der Waals surface area contributed by atoms with Crippen molar-refractivity contribution in [1.82, 2.24) is 0 Å². The number of nitrogens with two attached hydrogens (primary N) is 1. The van der Waals surface area contributed by atoms with Gasteiger partial charge in [-0.15, -0.1) is 0 Å². The van der Waals surface area contributed by atoms with Crippen molar-refractivity contribution in [3.8, 4) is 0 Å². The van der Waals surface area contributed by atoms with Gasteiger partial charge in [-0.2, -0.15) is 0 Å². The highest BCUT2D eigenvalue weighted by molar-refractivity contribution is 5.56. The summed E-state index contributed by atoms with van der Waals surface area (Å²) in [6.45, 7) is 5.92. The fourth-order valence-electron chi connectivity index (χ4n) is 1.53. The van der Waals surface area contributed by atoms with E-state index in [2.05, 4.69) is 0 Å². The standard InChI is InChI=1S/C12H19FN2/c1-8(2)15(4)12-10(9(3)14)6-5-7-11(12)13/h5-9H,14H2,1-4H3/t9-/m1/s1. The lowest BCUT2D eigenvalue weighted by Gasteiger charge is -2.27. The van der Waals surface area contributed by atoms with E-state index in [0.717, 1.165) is 5.56 Å². The van der Waals surface area contributed by atoms with Gasteiger partial charge in [0.15, 0.2) is 0 Å². The van der Waals surface area contributed by atoms with Crippen LogP contribution in [0.3, 0.4) is 0 Å². The molecule has 0 amide bonds. The Morgan fingerprint density at radius 1 is 1.27 bits per heavy atom. The van der Waals surface area contributed by atoms with Gasteiger partial charge in [0.2, 0.25) is 0 Å². The van der Waals surface area contributed by atoms with Crippen molar-refractivity contribution in [2.24, 2.45) is 5.73 Å². The molecule has 0 bridgehead atoms. The Balaban J connectivity index is 3.24. The zero-order valence-electron chi connectivity index (χ0n) is 9.79. The lowest BCUT2D eigenvalue weighted by atomic mass is 10.0. The molecule has 2 N–H and O–H groups in total. The van der Waals surface area contributed by atoms with E-state index in [-0.39, 0.29) is 17.9 Å². The molecule has 1 rings (SSSR count). The van der Waals surface area contributed by atoms with Gasteiger partial charge in [-0.25, -0.2) is 4.39 Å². The maximum Gasteiger partial charge on any atom is 0.146 e. The molecule has 0 unspecified atom stereocenters. The number of benzene rings is 1. The molecule has 15 heavy (non-hydrogen) atoms. The molecule has 0 radical (unpaired) electrons. The summed E-state index contributed by atoms with van der Waals surface area (Å²) in [6.07, 6.45) is 0. The highest BCUT2D eigenvalue weighted by Crippen LogP contribution is 2.28. The minimum atomic E-state index is -0.207. The molecule has 0 aliphatic heterocycles. The molecule has 1 aromatic rings. The van der Waals surface area contributed by atoms with E-state index in [9.17, 15) is 4.39 Å². The lowest BCUT2D eigenvalue weighted by Crippen LogP contribution is -2.28. The fraction of sp³-hybridized carbons (Fsp3) is 0.500. The highest BCUT2D eigenvalue weighted by atomic mass is 19.1. The summed E-state index contributed by atoms with van der Waals surface area (Å²) in [5.74, 6) is -0.207. The minimum absolute atomic E-state index is 0.156. The second kappa shape index (κ2) is 4.62. The average molecular weight is 210 g/mol. The van der Waals surface area contributed by atoms with Gasteiger partial charge in [0.1, 0.15) is 5.82 Å². The molecule has 2 nitrogen and oxygen atoms in total. The molecule has 0 aliphatic rings. The van der Waals surface area contributed by atoms with Crippen molar-refractivity contribution < 1.29 is 4.39 Å². The molecule has 1 atom stereocenters. The molecule has 0 spiro atoms. The first-order chi connectivity index (χ1) is 6.95. The number of hydrogen-bond acceptors (Lipinski definition) is 2. The predicted molar refractivity (Wildman–Crippen MR) is 62.5 cm³/mol. The van der Waals surface area contributed by atoms with Crippen LogP contribution in [0, 0.1) is 5.82 Å². The van der Waals surface area contributed by atoms with Crippen molar-refractivity contribution in [3.05, 3.63) is 29.6 Å². The van der Waals surface area contributed by atoms with E-state index in [0.29, 0.717) is 5.69 Å². The Labute approximate surface area is 90.9 Å². The normalized spacial score (nSPS) is 13.0. The largest absolute Gasteiger partial charge is 0.370 e. The maximum absolute atomic E-state index is 13.7. The number of hydrogen-bond donors (Lipinski definition) is 1. The molecule has 0 aliphatic carbocycles. The van der Waals surface area contributed by atoms with Crippen molar-refractivity contribution in [3.63, 3.8) is 0 Å². The Kier molecular flexibility index (Phi) is 3.69. The summed E-state index contributed by atoms with van der Waals surface area (Å²) in [7, 11) is 1.88. The monoisotopic (exact) mass is 210 g/mol. The summed E-state index contributed by atoms with van der Waals surface area (Å²) in [5, 5.41) is 0. The molecule has 0 saturated heterocycles. The summed E-state index contributed by atoms with van der Waals surface area (Å²) >= 11 is 0. The van der Waals surface area contributed by atoms with Crippen molar-refractivity contribution in [1.29, 1.82) is 0 Å². The van der Waals surface area contributed by atoms with E-state index in [1.165, 1.54) is 6.07 Å². The van der Waals surface area contributed by atoms with Crippen LogP contribution in [-0.4, -0.2) is 13.1 Å². The van der Waals surface area contributed by atoms with Gasteiger partial charge in [-0.1, -0.05) is 12.1 Å². The molecular weight excluding hydrogens is 191 g/mol. The summed E-state index contributed by atoms with van der Waals surface area (Å²) in [4.78, 5) is 1.91. The van der Waals surface area contributed by atoms with E-state index in [1.807, 2.05) is 38.8 Å². The highest BCUT2D eigenvalue weighted by Gasteiger charge is 2.16. The fourth-order valence-corrected chi connectivity index (χ4v) is 1.53. The topological polar surface area (TPSA) is 29.3 Å². The maximum atomic E-state index is 13.7. The van der Waals surface area contributed by atoms with Crippen molar-refractivity contribution >= 4 is 5.69 Å². The molecule has 3 heteroatoms. The van der Waals surface area contributed by atoms with Gasteiger partial charge in [0.05, 0.1) is 5.69 Å². The molecule has 0 aromatic heterocycles. The van der Waals surface area contributed by atoms with E-state index >= 15 is 0 Å². The van der Waals surface area contributed by atoms with Gasteiger partial charge >= 0.3 is 0 Å². The molecule has 1 aromatic carbocycles. The van der Waals surface area contributed by atoms with Gasteiger partial charge < -0.3 is 10.6 Å². The van der Waals surface area contributed by atoms with Crippen LogP contribution in [0.5, 0.6) is 0 Å². The van der Waals surface area contributed by atoms with Gasteiger partial charge in [0.25, 0.3) is 0 Å². The first-order valence-electron chi connectivity index (χ1n) is 5.22. The number of nitrogens with zero attached hydrogens (tertiary/aromatic N) is 1. The zero-order chi connectivity index (χ0) is 11.6. The molecular formula is C12H19FN2. The molecule has 0 saturated carbocycles. The van der Waals surface area contributed by atoms with E-state index in [1.54, 1.807) is 6.07 Å². The van der Waals surface area contributed by atoms with E-state index in [4.69, 9.17) is 5.73 Å². The smallest absolute Gasteiger partial charge is 0.146 e. The van der Waals surface area contributed by atoms with Crippen LogP contribution in [0.1, 0.15) is 32.4 Å². The van der Waals surface area contributed by atoms with Crippen LogP contribution in [0.2, 0.25) is 0 Å². The Morgan fingerprint density at radius 2 is 1.87 bits per heavy atom. The van der Waals surface area contributed by atoms with Crippen LogP contribution in [0.25, 0.3) is 0 Å². The minimum Gasteiger partial charge on any atom is -0.370 e. The number of para-hydroxylation sites is 1. The molecule has 84 valence electrons. The average Bonchev–Trinajstić information content (AvgIpc) is 2.16. The Morgan fingerprint density at radius 3 is 2.33 bits per heavy atom. The van der Waals surface area contributed by atoms with Crippen LogP contribution in [0.4, 0.5) is 10.1 Å². The number of halogens is 1. The molecule has 0 fully saturated rings. The van der Waals surface area contributed by atoms with Gasteiger partial charge in [-0.05, 0) is 32.4 Å². The summed E-state index contributed by atoms with van der Waals surface area (Å²) in [6, 6.07) is 5.14. The van der Waals surface area contributed by atoms with Crippen LogP contribution >= 0.6 is 0 Å². The zero-order valence-corrected chi connectivity index (χ0v) is 9.79. The third-order valence-electron chi connectivity index (χ3n) is 2.64. The first kappa shape index (κ1) is 12.0.